The van der Waals surface area contributed by atoms with Crippen LogP contribution < -0.4 is 0 Å². The number of esters is 1. The van der Waals surface area contributed by atoms with Crippen LogP contribution in [0.2, 0.25) is 0 Å². The zero-order valence-corrected chi connectivity index (χ0v) is 10.9. The third-order valence-corrected chi connectivity index (χ3v) is 2.96. The third kappa shape index (κ3) is 3.00. The first-order valence-corrected chi connectivity index (χ1v) is 6.01. The maximum Gasteiger partial charge on any atom is 0.338 e. The molecular formula is C15H13NO4. The van der Waals surface area contributed by atoms with Crippen LogP contribution in [0.1, 0.15) is 21.5 Å². The van der Waals surface area contributed by atoms with Gasteiger partial charge in [0.05, 0.1) is 17.6 Å². The monoisotopic (exact) mass is 271 g/mol. The number of non-ortho nitro benzene ring substituents is 1. The fourth-order valence-corrected chi connectivity index (χ4v) is 1.94. The molecule has 2 aromatic carbocycles. The summed E-state index contributed by atoms with van der Waals surface area (Å²) < 4.78 is 4.74. The zero-order valence-electron chi connectivity index (χ0n) is 10.9. The fraction of sp³-hybridized carbons (Fsp3) is 0.133. The van der Waals surface area contributed by atoms with Crippen molar-refractivity contribution in [2.45, 2.75) is 6.42 Å². The van der Waals surface area contributed by atoms with Crippen LogP contribution in [-0.4, -0.2) is 18.0 Å². The van der Waals surface area contributed by atoms with E-state index in [0.717, 1.165) is 11.1 Å². The highest BCUT2D eigenvalue weighted by molar-refractivity contribution is 5.91. The Hall–Kier alpha value is -2.69. The van der Waals surface area contributed by atoms with E-state index in [-0.39, 0.29) is 11.7 Å². The summed E-state index contributed by atoms with van der Waals surface area (Å²) in [4.78, 5) is 21.8. The van der Waals surface area contributed by atoms with Gasteiger partial charge < -0.3 is 4.74 Å². The second-order valence-electron chi connectivity index (χ2n) is 4.25. The van der Waals surface area contributed by atoms with Crippen LogP contribution in [-0.2, 0) is 11.2 Å². The Kier molecular flexibility index (Phi) is 4.10. The average Bonchev–Trinajstić information content (AvgIpc) is 2.47. The Morgan fingerprint density at radius 3 is 2.40 bits per heavy atom. The van der Waals surface area contributed by atoms with Crippen molar-refractivity contribution in [3.05, 3.63) is 75.3 Å². The predicted molar refractivity (Wildman–Crippen MR) is 73.7 cm³/mol. The summed E-state index contributed by atoms with van der Waals surface area (Å²) >= 11 is 0. The lowest BCUT2D eigenvalue weighted by Gasteiger charge is -2.07. The smallest absolute Gasteiger partial charge is 0.338 e. The number of hydrogen-bond donors (Lipinski definition) is 0. The van der Waals surface area contributed by atoms with Gasteiger partial charge in [0.1, 0.15) is 0 Å². The second kappa shape index (κ2) is 5.97. The van der Waals surface area contributed by atoms with Crippen molar-refractivity contribution in [3.63, 3.8) is 0 Å². The highest BCUT2D eigenvalue weighted by atomic mass is 16.6. The van der Waals surface area contributed by atoms with Gasteiger partial charge in [-0.05, 0) is 23.6 Å². The standard InChI is InChI=1S/C15H13NO4/c1-20-15(17)14-5-3-2-4-12(14)10-11-6-8-13(9-7-11)16(18)19/h2-9H,10H2,1H3. The first kappa shape index (κ1) is 13.7. The number of carbonyl (C=O) groups excluding carboxylic acids is 1. The molecule has 0 saturated heterocycles. The molecule has 2 rings (SSSR count). The van der Waals surface area contributed by atoms with Crippen LogP contribution in [0, 0.1) is 10.1 Å². The van der Waals surface area contributed by atoms with E-state index in [1.807, 2.05) is 12.1 Å². The number of hydrogen-bond acceptors (Lipinski definition) is 4. The van der Waals surface area contributed by atoms with Crippen LogP contribution in [0.15, 0.2) is 48.5 Å². The molecule has 0 amide bonds. The van der Waals surface area contributed by atoms with Gasteiger partial charge in [-0.15, -0.1) is 0 Å². The second-order valence-corrected chi connectivity index (χ2v) is 4.25. The quantitative estimate of drug-likeness (QED) is 0.487. The number of benzene rings is 2. The number of methoxy groups -OCH3 is 1. The summed E-state index contributed by atoms with van der Waals surface area (Å²) in [5.41, 5.74) is 2.28. The van der Waals surface area contributed by atoms with Crippen molar-refractivity contribution in [1.82, 2.24) is 0 Å². The van der Waals surface area contributed by atoms with E-state index in [9.17, 15) is 14.9 Å². The van der Waals surface area contributed by atoms with Crippen LogP contribution in [0.25, 0.3) is 0 Å². The van der Waals surface area contributed by atoms with E-state index in [2.05, 4.69) is 0 Å². The van der Waals surface area contributed by atoms with Gasteiger partial charge in [0.15, 0.2) is 0 Å². The zero-order chi connectivity index (χ0) is 14.5. The number of nitro benzene ring substituents is 1. The number of rotatable bonds is 4. The lowest BCUT2D eigenvalue weighted by Crippen LogP contribution is -2.05. The van der Waals surface area contributed by atoms with Crippen molar-refractivity contribution in [3.8, 4) is 0 Å². The minimum absolute atomic E-state index is 0.0509. The van der Waals surface area contributed by atoms with Gasteiger partial charge in [0.2, 0.25) is 0 Å². The van der Waals surface area contributed by atoms with Crippen LogP contribution in [0.4, 0.5) is 5.69 Å². The molecule has 0 N–H and O–H groups in total. The van der Waals surface area contributed by atoms with Gasteiger partial charge in [0, 0.05) is 12.1 Å². The number of nitro groups is 1. The Labute approximate surface area is 116 Å². The molecule has 0 spiro atoms. The largest absolute Gasteiger partial charge is 0.465 e. The van der Waals surface area contributed by atoms with Crippen molar-refractivity contribution >= 4 is 11.7 Å². The molecule has 0 unspecified atom stereocenters. The normalized spacial score (nSPS) is 10.1. The molecule has 0 aliphatic heterocycles. The molecule has 0 fully saturated rings. The van der Waals surface area contributed by atoms with Crippen molar-refractivity contribution < 1.29 is 14.5 Å². The third-order valence-electron chi connectivity index (χ3n) is 2.96. The van der Waals surface area contributed by atoms with E-state index in [4.69, 9.17) is 4.74 Å². The van der Waals surface area contributed by atoms with Crippen molar-refractivity contribution in [2.24, 2.45) is 0 Å². The highest BCUT2D eigenvalue weighted by Crippen LogP contribution is 2.18. The molecule has 5 heteroatoms. The molecule has 0 saturated carbocycles. The fourth-order valence-electron chi connectivity index (χ4n) is 1.94. The topological polar surface area (TPSA) is 69.4 Å². The Balaban J connectivity index is 2.26. The maximum atomic E-state index is 11.7. The van der Waals surface area contributed by atoms with Crippen LogP contribution >= 0.6 is 0 Å². The molecule has 0 aromatic heterocycles. The summed E-state index contributed by atoms with van der Waals surface area (Å²) in [7, 11) is 1.34. The molecular weight excluding hydrogens is 258 g/mol. The van der Waals surface area contributed by atoms with E-state index in [1.165, 1.54) is 19.2 Å². The van der Waals surface area contributed by atoms with Gasteiger partial charge in [-0.25, -0.2) is 4.79 Å². The Morgan fingerprint density at radius 2 is 1.80 bits per heavy atom. The molecule has 0 bridgehead atoms. The molecule has 0 heterocycles. The van der Waals surface area contributed by atoms with E-state index >= 15 is 0 Å². The molecule has 0 radical (unpaired) electrons. The molecule has 0 aliphatic rings. The van der Waals surface area contributed by atoms with Gasteiger partial charge >= 0.3 is 5.97 Å². The first-order chi connectivity index (χ1) is 9.61. The Morgan fingerprint density at radius 1 is 1.15 bits per heavy atom. The van der Waals surface area contributed by atoms with Gasteiger partial charge in [-0.2, -0.15) is 0 Å². The molecule has 20 heavy (non-hydrogen) atoms. The van der Waals surface area contributed by atoms with E-state index in [0.29, 0.717) is 12.0 Å². The van der Waals surface area contributed by atoms with Crippen LogP contribution in [0.5, 0.6) is 0 Å². The van der Waals surface area contributed by atoms with Crippen LogP contribution in [0.3, 0.4) is 0 Å². The lowest BCUT2D eigenvalue weighted by atomic mass is 10.00. The minimum atomic E-state index is -0.438. The van der Waals surface area contributed by atoms with E-state index < -0.39 is 4.92 Å². The lowest BCUT2D eigenvalue weighted by molar-refractivity contribution is -0.384. The van der Waals surface area contributed by atoms with Crippen molar-refractivity contribution in [1.29, 1.82) is 0 Å². The summed E-state index contributed by atoms with van der Waals surface area (Å²) in [6.07, 6.45) is 0.517. The molecule has 102 valence electrons. The number of carbonyl (C=O) groups is 1. The van der Waals surface area contributed by atoms with Crippen molar-refractivity contribution in [2.75, 3.05) is 7.11 Å². The Bertz CT molecular complexity index is 635. The van der Waals surface area contributed by atoms with E-state index in [1.54, 1.807) is 24.3 Å². The summed E-state index contributed by atoms with van der Waals surface area (Å²) in [5.74, 6) is -0.387. The average molecular weight is 271 g/mol. The summed E-state index contributed by atoms with van der Waals surface area (Å²) in [6.45, 7) is 0. The number of ether oxygens (including phenoxy) is 1. The molecule has 0 atom stereocenters. The maximum absolute atomic E-state index is 11.7. The van der Waals surface area contributed by atoms with Gasteiger partial charge in [-0.1, -0.05) is 30.3 Å². The molecule has 5 nitrogen and oxygen atoms in total. The summed E-state index contributed by atoms with van der Waals surface area (Å²) in [5, 5.41) is 10.6. The van der Waals surface area contributed by atoms with Gasteiger partial charge in [-0.3, -0.25) is 10.1 Å². The van der Waals surface area contributed by atoms with Gasteiger partial charge in [0.25, 0.3) is 5.69 Å². The minimum Gasteiger partial charge on any atom is -0.465 e. The highest BCUT2D eigenvalue weighted by Gasteiger charge is 2.12. The first-order valence-electron chi connectivity index (χ1n) is 6.01. The predicted octanol–water partition coefficient (Wildman–Crippen LogP) is 2.97. The molecule has 2 aromatic rings. The summed E-state index contributed by atoms with van der Waals surface area (Å²) in [6, 6.07) is 13.4. The number of nitrogens with zero attached hydrogens (tertiary/aromatic N) is 1. The molecule has 0 aliphatic carbocycles. The SMILES string of the molecule is COC(=O)c1ccccc1Cc1ccc([N+](=O)[O-])cc1.